The Labute approximate surface area is 150 Å². The molecule has 2 aromatic rings. The molecule has 0 aliphatic heterocycles. The highest BCUT2D eigenvalue weighted by Crippen LogP contribution is 2.20. The largest absolute Gasteiger partial charge is 0.388 e. The van der Waals surface area contributed by atoms with E-state index in [2.05, 4.69) is 9.89 Å². The summed E-state index contributed by atoms with van der Waals surface area (Å²) in [6.07, 6.45) is 0.640. The summed E-state index contributed by atoms with van der Waals surface area (Å²) in [6, 6.07) is 12.2. The molecule has 0 bridgehead atoms. The first-order valence-electron chi connectivity index (χ1n) is 7.32. The van der Waals surface area contributed by atoms with Crippen LogP contribution in [0.15, 0.2) is 47.6 Å². The van der Waals surface area contributed by atoms with Crippen molar-refractivity contribution in [2.45, 2.75) is 6.92 Å². The van der Waals surface area contributed by atoms with Crippen molar-refractivity contribution in [3.05, 3.63) is 69.3 Å². The maximum Gasteiger partial charge on any atom is 0.269 e. The van der Waals surface area contributed by atoms with Gasteiger partial charge in [0.2, 0.25) is 0 Å². The minimum Gasteiger partial charge on any atom is -0.388 e. The molecule has 0 saturated heterocycles. The van der Waals surface area contributed by atoms with Crippen LogP contribution in [0, 0.1) is 21.4 Å². The third-order valence-electron chi connectivity index (χ3n) is 3.04. The minimum atomic E-state index is -0.489. The van der Waals surface area contributed by atoms with E-state index in [0.717, 1.165) is 0 Å². The van der Waals surface area contributed by atoms with Crippen LogP contribution >= 0.6 is 0 Å². The van der Waals surface area contributed by atoms with E-state index in [9.17, 15) is 14.9 Å². The lowest BCUT2D eigenvalue weighted by molar-refractivity contribution is -0.384. The van der Waals surface area contributed by atoms with Crippen molar-refractivity contribution in [2.75, 3.05) is 14.2 Å². The van der Waals surface area contributed by atoms with Crippen molar-refractivity contribution in [3.63, 3.8) is 0 Å². The van der Waals surface area contributed by atoms with Gasteiger partial charge in [-0.2, -0.15) is 5.26 Å². The molecule has 0 atom stereocenters. The van der Waals surface area contributed by atoms with Gasteiger partial charge < -0.3 is 9.57 Å². The first kappa shape index (κ1) is 20.5. The lowest BCUT2D eigenvalue weighted by atomic mass is 10.1. The zero-order valence-electron chi connectivity index (χ0n) is 14.5. The van der Waals surface area contributed by atoms with E-state index in [1.807, 2.05) is 6.07 Å². The molecule has 0 spiro atoms. The molecule has 2 aromatic carbocycles. The maximum atomic E-state index is 10.8. The van der Waals surface area contributed by atoms with Gasteiger partial charge in [-0.3, -0.25) is 14.9 Å². The molecular formula is C18H17N3O5. The molecular weight excluding hydrogens is 338 g/mol. The predicted molar refractivity (Wildman–Crippen MR) is 95.4 cm³/mol. The van der Waals surface area contributed by atoms with Crippen LogP contribution in [0.4, 0.5) is 5.69 Å². The molecule has 26 heavy (non-hydrogen) atoms. The first-order valence-corrected chi connectivity index (χ1v) is 7.32. The molecule has 8 heteroatoms. The summed E-state index contributed by atoms with van der Waals surface area (Å²) < 4.78 is 4.25. The molecule has 0 N–H and O–H groups in total. The number of methoxy groups -OCH3 is 1. The van der Waals surface area contributed by atoms with Crippen LogP contribution in [0.5, 0.6) is 5.75 Å². The molecule has 0 saturated carbocycles. The van der Waals surface area contributed by atoms with Gasteiger partial charge in [0.15, 0.2) is 5.75 Å². The van der Waals surface area contributed by atoms with Gasteiger partial charge in [-0.1, -0.05) is 11.2 Å². The zero-order chi connectivity index (χ0) is 19.5. The average molecular weight is 355 g/mol. The highest BCUT2D eigenvalue weighted by molar-refractivity contribution is 5.98. The van der Waals surface area contributed by atoms with E-state index in [1.165, 1.54) is 30.3 Å². The second-order valence-corrected chi connectivity index (χ2v) is 4.97. The van der Waals surface area contributed by atoms with Gasteiger partial charge in [-0.05, 0) is 36.8 Å². The molecule has 2 rings (SSSR count). The molecule has 0 aromatic heterocycles. The van der Waals surface area contributed by atoms with E-state index in [-0.39, 0.29) is 17.0 Å². The normalized spacial score (nSPS) is 10.2. The Bertz CT molecular complexity index is 839. The number of carbonyl (C=O) groups excluding carboxylic acids is 1. The van der Waals surface area contributed by atoms with Gasteiger partial charge in [0, 0.05) is 31.9 Å². The number of benzene rings is 2. The van der Waals surface area contributed by atoms with Crippen LogP contribution in [0.3, 0.4) is 0 Å². The zero-order valence-corrected chi connectivity index (χ0v) is 14.5. The number of rotatable bonds is 5. The third-order valence-corrected chi connectivity index (χ3v) is 3.04. The van der Waals surface area contributed by atoms with Crippen LogP contribution in [0.2, 0.25) is 0 Å². The number of oxime groups is 1. The van der Waals surface area contributed by atoms with E-state index in [1.54, 1.807) is 33.3 Å². The van der Waals surface area contributed by atoms with Crippen LogP contribution in [0.1, 0.15) is 28.4 Å². The van der Waals surface area contributed by atoms with Crippen molar-refractivity contribution in [3.8, 4) is 11.8 Å². The van der Waals surface area contributed by atoms with Gasteiger partial charge in [0.1, 0.15) is 12.4 Å². The van der Waals surface area contributed by atoms with Gasteiger partial charge in [0.25, 0.3) is 5.69 Å². The summed E-state index contributed by atoms with van der Waals surface area (Å²) >= 11 is 0. The van der Waals surface area contributed by atoms with E-state index in [0.29, 0.717) is 23.1 Å². The summed E-state index contributed by atoms with van der Waals surface area (Å²) in [5, 5.41) is 23.5. The highest BCUT2D eigenvalue weighted by atomic mass is 16.6. The van der Waals surface area contributed by atoms with Crippen LogP contribution < -0.4 is 4.84 Å². The Morgan fingerprint density at radius 2 is 1.85 bits per heavy atom. The summed E-state index contributed by atoms with van der Waals surface area (Å²) in [5.41, 5.74) is 1.70. The van der Waals surface area contributed by atoms with Gasteiger partial charge >= 0.3 is 0 Å². The number of non-ortho nitro benzene ring substituents is 1. The number of nitro benzene ring substituents is 1. The predicted octanol–water partition coefficient (Wildman–Crippen LogP) is 3.34. The second-order valence-electron chi connectivity index (χ2n) is 4.97. The number of carbonyl (C=O) groups is 1. The Balaban J connectivity index is 0.00000105. The fraction of sp³-hybridized carbons (Fsp3) is 0.167. The van der Waals surface area contributed by atoms with Crippen molar-refractivity contribution >= 4 is 17.7 Å². The van der Waals surface area contributed by atoms with Crippen molar-refractivity contribution < 1.29 is 19.3 Å². The monoisotopic (exact) mass is 355 g/mol. The van der Waals surface area contributed by atoms with Crippen LogP contribution in [-0.4, -0.2) is 31.1 Å². The lowest BCUT2D eigenvalue weighted by Gasteiger charge is -2.04. The topological polar surface area (TPSA) is 115 Å². The molecule has 0 fully saturated rings. The summed E-state index contributed by atoms with van der Waals surface area (Å²) in [7, 11) is 3.25. The smallest absolute Gasteiger partial charge is 0.269 e. The number of hydrogen-bond acceptors (Lipinski definition) is 7. The molecule has 0 heterocycles. The van der Waals surface area contributed by atoms with Crippen molar-refractivity contribution in [2.24, 2.45) is 5.16 Å². The Kier molecular flexibility index (Phi) is 8.13. The average Bonchev–Trinajstić information content (AvgIpc) is 2.66. The SMILES string of the molecule is C/C(=N/Oc1cc(C=O)ccc1C#N)c1ccc([N+](=O)[O-])cc1.COC. The Morgan fingerprint density at radius 3 is 2.35 bits per heavy atom. The summed E-state index contributed by atoms with van der Waals surface area (Å²) in [5.74, 6) is 0.165. The molecule has 134 valence electrons. The van der Waals surface area contributed by atoms with E-state index >= 15 is 0 Å². The fourth-order valence-electron chi connectivity index (χ4n) is 1.77. The fourth-order valence-corrected chi connectivity index (χ4v) is 1.77. The first-order chi connectivity index (χ1) is 12.5. The summed E-state index contributed by atoms with van der Waals surface area (Å²) in [6.45, 7) is 1.66. The van der Waals surface area contributed by atoms with Crippen LogP contribution in [0.25, 0.3) is 0 Å². The van der Waals surface area contributed by atoms with Gasteiger partial charge in [-0.25, -0.2) is 0 Å². The lowest BCUT2D eigenvalue weighted by Crippen LogP contribution is -1.99. The molecule has 0 aliphatic rings. The number of nitriles is 1. The number of nitrogens with zero attached hydrogens (tertiary/aromatic N) is 3. The Hall–Kier alpha value is -3.57. The molecule has 0 aliphatic carbocycles. The molecule has 0 radical (unpaired) electrons. The molecule has 8 nitrogen and oxygen atoms in total. The van der Waals surface area contributed by atoms with Gasteiger partial charge in [0.05, 0.1) is 16.2 Å². The third kappa shape index (κ3) is 5.81. The van der Waals surface area contributed by atoms with Gasteiger partial charge in [-0.15, -0.1) is 0 Å². The number of hydrogen-bond donors (Lipinski definition) is 0. The number of aldehydes is 1. The molecule has 0 unspecified atom stereocenters. The highest BCUT2D eigenvalue weighted by Gasteiger charge is 2.08. The quantitative estimate of drug-likeness (QED) is 0.351. The Morgan fingerprint density at radius 1 is 1.23 bits per heavy atom. The van der Waals surface area contributed by atoms with Crippen LogP contribution in [-0.2, 0) is 4.74 Å². The van der Waals surface area contributed by atoms with Crippen molar-refractivity contribution in [1.82, 2.24) is 0 Å². The number of ether oxygens (including phenoxy) is 1. The number of nitro groups is 1. The maximum absolute atomic E-state index is 10.8. The van der Waals surface area contributed by atoms with E-state index in [4.69, 9.17) is 10.1 Å². The minimum absolute atomic E-state index is 0.0204. The standard InChI is InChI=1S/C16H11N3O4.C2H6O/c1-11(13-4-6-15(7-5-13)19(21)22)18-23-16-8-12(10-20)2-3-14(16)9-17;1-3-2/h2-8,10H,1H3;1-2H3/b18-11-;. The van der Waals surface area contributed by atoms with E-state index < -0.39 is 4.92 Å². The second kappa shape index (κ2) is 10.3. The molecule has 0 amide bonds. The summed E-state index contributed by atoms with van der Waals surface area (Å²) in [4.78, 5) is 26.1. The van der Waals surface area contributed by atoms with Crippen molar-refractivity contribution in [1.29, 1.82) is 5.26 Å².